The Bertz CT molecular complexity index is 1280. The molecule has 5 heteroatoms. The molecule has 156 valence electrons. The summed E-state index contributed by atoms with van der Waals surface area (Å²) in [5, 5.41) is 1.07. The van der Waals surface area contributed by atoms with Crippen molar-refractivity contribution in [3.8, 4) is 0 Å². The van der Waals surface area contributed by atoms with Gasteiger partial charge in [0.2, 0.25) is 5.78 Å². The molecule has 0 spiro atoms. The Labute approximate surface area is 179 Å². The van der Waals surface area contributed by atoms with Gasteiger partial charge in [-0.1, -0.05) is 55.5 Å². The standard InChI is InChI=1S/C26H23NO4/c1-3-18-12-14-19(15-13-18)25(29)17(2)31-24(28)16-27-22-10-6-4-8-20(22)26(30)21-9-5-7-11-23(21)27/h4-15,17H,3,16H2,1-2H3. The number of fused-ring (bicyclic) bond motifs is 2. The summed E-state index contributed by atoms with van der Waals surface area (Å²) in [4.78, 5) is 38.3. The van der Waals surface area contributed by atoms with E-state index >= 15 is 0 Å². The van der Waals surface area contributed by atoms with Crippen molar-refractivity contribution in [2.45, 2.75) is 32.9 Å². The summed E-state index contributed by atoms with van der Waals surface area (Å²) < 4.78 is 7.23. The minimum atomic E-state index is -0.906. The van der Waals surface area contributed by atoms with Crippen molar-refractivity contribution in [3.05, 3.63) is 94.1 Å². The lowest BCUT2D eigenvalue weighted by molar-refractivity contribution is -0.146. The molecule has 4 rings (SSSR count). The van der Waals surface area contributed by atoms with Crippen LogP contribution in [0.3, 0.4) is 0 Å². The van der Waals surface area contributed by atoms with Crippen LogP contribution in [0.5, 0.6) is 0 Å². The van der Waals surface area contributed by atoms with Crippen LogP contribution in [0.1, 0.15) is 29.8 Å². The first kappa shape index (κ1) is 20.5. The number of carbonyl (C=O) groups is 2. The van der Waals surface area contributed by atoms with Crippen LogP contribution in [0.25, 0.3) is 21.8 Å². The van der Waals surface area contributed by atoms with Crippen LogP contribution >= 0.6 is 0 Å². The second-order valence-corrected chi connectivity index (χ2v) is 7.50. The molecule has 0 bridgehead atoms. The van der Waals surface area contributed by atoms with Crippen LogP contribution in [0.15, 0.2) is 77.6 Å². The zero-order valence-corrected chi connectivity index (χ0v) is 17.5. The molecular weight excluding hydrogens is 390 g/mol. The normalized spacial score (nSPS) is 12.1. The van der Waals surface area contributed by atoms with Crippen LogP contribution in [0.4, 0.5) is 0 Å². The average Bonchev–Trinajstić information content (AvgIpc) is 2.81. The number of Topliss-reactive ketones (excluding diaryl/α,β-unsaturated/α-hetero) is 1. The Morgan fingerprint density at radius 2 is 1.42 bits per heavy atom. The predicted octanol–water partition coefficient (Wildman–Crippen LogP) is 4.53. The first-order valence-electron chi connectivity index (χ1n) is 10.3. The number of hydrogen-bond donors (Lipinski definition) is 0. The highest BCUT2D eigenvalue weighted by atomic mass is 16.5. The van der Waals surface area contributed by atoms with Crippen molar-refractivity contribution in [2.75, 3.05) is 0 Å². The van der Waals surface area contributed by atoms with Gasteiger partial charge in [-0.15, -0.1) is 0 Å². The summed E-state index contributed by atoms with van der Waals surface area (Å²) in [6.07, 6.45) is -0.0165. The maximum Gasteiger partial charge on any atom is 0.326 e. The van der Waals surface area contributed by atoms with Crippen molar-refractivity contribution in [1.29, 1.82) is 0 Å². The molecule has 31 heavy (non-hydrogen) atoms. The number of nitrogens with zero attached hydrogens (tertiary/aromatic N) is 1. The zero-order valence-electron chi connectivity index (χ0n) is 17.5. The Morgan fingerprint density at radius 1 is 0.871 bits per heavy atom. The van der Waals surface area contributed by atoms with Crippen molar-refractivity contribution >= 4 is 33.6 Å². The van der Waals surface area contributed by atoms with Crippen LogP contribution in [-0.2, 0) is 22.5 Å². The molecule has 4 aromatic rings. The maximum atomic E-state index is 12.8. The van der Waals surface area contributed by atoms with E-state index in [9.17, 15) is 14.4 Å². The molecule has 3 aromatic carbocycles. The number of carbonyl (C=O) groups excluding carboxylic acids is 2. The van der Waals surface area contributed by atoms with Gasteiger partial charge in [0.05, 0.1) is 11.0 Å². The van der Waals surface area contributed by atoms with Gasteiger partial charge in [-0.05, 0) is 43.2 Å². The molecule has 0 saturated carbocycles. The summed E-state index contributed by atoms with van der Waals surface area (Å²) in [5.41, 5.74) is 2.87. The summed E-state index contributed by atoms with van der Waals surface area (Å²) >= 11 is 0. The molecule has 1 aromatic heterocycles. The molecule has 0 aliphatic carbocycles. The Morgan fingerprint density at radius 3 is 1.97 bits per heavy atom. The number of para-hydroxylation sites is 2. The third-order valence-electron chi connectivity index (χ3n) is 5.49. The molecule has 1 unspecified atom stereocenters. The number of rotatable bonds is 6. The fourth-order valence-corrected chi connectivity index (χ4v) is 3.80. The zero-order chi connectivity index (χ0) is 22.0. The first-order valence-corrected chi connectivity index (χ1v) is 10.3. The molecule has 5 nitrogen and oxygen atoms in total. The highest BCUT2D eigenvalue weighted by molar-refractivity contribution is 6.00. The summed E-state index contributed by atoms with van der Waals surface area (Å²) in [7, 11) is 0. The molecule has 0 saturated heterocycles. The van der Waals surface area contributed by atoms with Gasteiger partial charge in [-0.2, -0.15) is 0 Å². The number of esters is 1. The quantitative estimate of drug-likeness (QED) is 0.265. The van der Waals surface area contributed by atoms with Gasteiger partial charge in [-0.25, -0.2) is 0 Å². The SMILES string of the molecule is CCc1ccc(C(=O)C(C)OC(=O)Cn2c3ccccc3c(=O)c3ccccc32)cc1. The second kappa shape index (κ2) is 8.56. The number of ether oxygens (including phenoxy) is 1. The van der Waals surface area contributed by atoms with Crippen molar-refractivity contribution in [2.24, 2.45) is 0 Å². The van der Waals surface area contributed by atoms with E-state index in [-0.39, 0.29) is 17.8 Å². The van der Waals surface area contributed by atoms with Crippen LogP contribution in [0, 0.1) is 0 Å². The third kappa shape index (κ3) is 3.99. The topological polar surface area (TPSA) is 65.4 Å². The first-order chi connectivity index (χ1) is 15.0. The van der Waals surface area contributed by atoms with Gasteiger partial charge < -0.3 is 9.30 Å². The number of aryl methyl sites for hydroxylation is 1. The smallest absolute Gasteiger partial charge is 0.326 e. The van der Waals surface area contributed by atoms with Crippen molar-refractivity contribution in [1.82, 2.24) is 4.57 Å². The molecule has 0 amide bonds. The fraction of sp³-hybridized carbons (Fsp3) is 0.192. The monoisotopic (exact) mass is 413 g/mol. The molecule has 0 radical (unpaired) electrons. The fourth-order valence-electron chi connectivity index (χ4n) is 3.80. The molecule has 0 aliphatic heterocycles. The largest absolute Gasteiger partial charge is 0.453 e. The average molecular weight is 413 g/mol. The Balaban J connectivity index is 1.61. The molecular formula is C26H23NO4. The summed E-state index contributed by atoms with van der Waals surface area (Å²) in [6.45, 7) is 3.52. The number of aromatic nitrogens is 1. The van der Waals surface area contributed by atoms with Crippen molar-refractivity contribution in [3.63, 3.8) is 0 Å². The Hall–Kier alpha value is -3.73. The van der Waals surface area contributed by atoms with Crippen molar-refractivity contribution < 1.29 is 14.3 Å². The lowest BCUT2D eigenvalue weighted by Crippen LogP contribution is -2.27. The second-order valence-electron chi connectivity index (χ2n) is 7.50. The van der Waals surface area contributed by atoms with Gasteiger partial charge in [0.15, 0.2) is 11.5 Å². The van der Waals surface area contributed by atoms with Crippen LogP contribution < -0.4 is 5.43 Å². The number of ketones is 1. The lowest BCUT2D eigenvalue weighted by Gasteiger charge is -2.17. The summed E-state index contributed by atoms with van der Waals surface area (Å²) in [6, 6.07) is 21.7. The van der Waals surface area contributed by atoms with E-state index in [4.69, 9.17) is 4.74 Å². The highest BCUT2D eigenvalue weighted by Gasteiger charge is 2.21. The van der Waals surface area contributed by atoms with E-state index in [0.717, 1.165) is 12.0 Å². The van der Waals surface area contributed by atoms with E-state index in [0.29, 0.717) is 27.4 Å². The maximum absolute atomic E-state index is 12.8. The van der Waals surface area contributed by atoms with Gasteiger partial charge >= 0.3 is 5.97 Å². The highest BCUT2D eigenvalue weighted by Crippen LogP contribution is 2.19. The minimum absolute atomic E-state index is 0.0742. The number of hydrogen-bond acceptors (Lipinski definition) is 4. The van der Waals surface area contributed by atoms with Gasteiger partial charge in [0.25, 0.3) is 0 Å². The molecule has 0 N–H and O–H groups in total. The molecule has 1 heterocycles. The summed E-state index contributed by atoms with van der Waals surface area (Å²) in [5.74, 6) is -0.782. The number of pyridine rings is 1. The lowest BCUT2D eigenvalue weighted by atomic mass is 10.0. The minimum Gasteiger partial charge on any atom is -0.453 e. The molecule has 1 atom stereocenters. The van der Waals surface area contributed by atoms with E-state index in [1.807, 2.05) is 31.2 Å². The van der Waals surface area contributed by atoms with E-state index in [1.54, 1.807) is 60.0 Å². The van der Waals surface area contributed by atoms with Crippen LogP contribution in [-0.4, -0.2) is 22.4 Å². The third-order valence-corrected chi connectivity index (χ3v) is 5.49. The molecule has 0 fully saturated rings. The van der Waals surface area contributed by atoms with E-state index < -0.39 is 12.1 Å². The molecule has 0 aliphatic rings. The number of benzene rings is 3. The van der Waals surface area contributed by atoms with Crippen LogP contribution in [0.2, 0.25) is 0 Å². The van der Waals surface area contributed by atoms with Gasteiger partial charge in [0, 0.05) is 16.3 Å². The van der Waals surface area contributed by atoms with E-state index in [2.05, 4.69) is 0 Å². The Kier molecular flexibility index (Phi) is 5.67. The van der Waals surface area contributed by atoms with E-state index in [1.165, 1.54) is 0 Å². The van der Waals surface area contributed by atoms with Gasteiger partial charge in [-0.3, -0.25) is 14.4 Å². The van der Waals surface area contributed by atoms with Gasteiger partial charge in [0.1, 0.15) is 6.54 Å². The predicted molar refractivity (Wildman–Crippen MR) is 121 cm³/mol.